The number of rotatable bonds is 4. The van der Waals surface area contributed by atoms with Crippen molar-refractivity contribution in [1.82, 2.24) is 0 Å². The number of hydrogen-bond donors (Lipinski definition) is 1. The molecule has 1 aromatic carbocycles. The Balaban J connectivity index is 2.67. The van der Waals surface area contributed by atoms with Crippen LogP contribution in [0.3, 0.4) is 0 Å². The van der Waals surface area contributed by atoms with Gasteiger partial charge in [0.05, 0.1) is 12.2 Å². The Kier molecular flexibility index (Phi) is 4.44. The zero-order chi connectivity index (χ0) is 12.0. The number of esters is 1. The molecular weight excluding hydrogens is 213 g/mol. The maximum absolute atomic E-state index is 11.9. The van der Waals surface area contributed by atoms with Gasteiger partial charge in [-0.2, -0.15) is 0 Å². The quantitative estimate of drug-likeness (QED) is 0.794. The summed E-state index contributed by atoms with van der Waals surface area (Å²) in [5.41, 5.74) is 0.829. The molecule has 0 aliphatic carbocycles. The van der Waals surface area contributed by atoms with Crippen LogP contribution in [0.1, 0.15) is 17.3 Å². The molecule has 1 aromatic rings. The van der Waals surface area contributed by atoms with E-state index in [0.29, 0.717) is 17.9 Å². The van der Waals surface area contributed by atoms with Gasteiger partial charge in [0.1, 0.15) is 0 Å². The van der Waals surface area contributed by atoms with E-state index in [1.165, 1.54) is 24.3 Å². The normalized spacial score (nSPS) is 9.62. The van der Waals surface area contributed by atoms with Crippen molar-refractivity contribution >= 4 is 17.6 Å². The summed E-state index contributed by atoms with van der Waals surface area (Å²) in [6.45, 7) is 0.951. The first kappa shape index (κ1) is 12.2. The standard InChI is InChI=1S/C11H12FNO3/c1-2-16-11(15)8-3-5-9(6-4-8)13-10(14)7-12/h3-6H,2,7H2,1H3,(H,13,14). The van der Waals surface area contributed by atoms with Crippen molar-refractivity contribution in [2.45, 2.75) is 6.92 Å². The van der Waals surface area contributed by atoms with E-state index in [1.54, 1.807) is 6.92 Å². The van der Waals surface area contributed by atoms with Gasteiger partial charge in [-0.05, 0) is 31.2 Å². The molecule has 1 rings (SSSR count). The molecular formula is C11H12FNO3. The van der Waals surface area contributed by atoms with Gasteiger partial charge in [0.2, 0.25) is 0 Å². The lowest BCUT2D eigenvalue weighted by molar-refractivity contribution is -0.117. The second kappa shape index (κ2) is 5.85. The Labute approximate surface area is 92.4 Å². The van der Waals surface area contributed by atoms with Crippen molar-refractivity contribution in [2.75, 3.05) is 18.6 Å². The minimum absolute atomic E-state index is 0.305. The van der Waals surface area contributed by atoms with Gasteiger partial charge in [0, 0.05) is 5.69 Å². The summed E-state index contributed by atoms with van der Waals surface area (Å²) in [6.07, 6.45) is 0. The summed E-state index contributed by atoms with van der Waals surface area (Å²) in [7, 11) is 0. The number of nitrogens with one attached hydrogen (secondary N) is 1. The summed E-state index contributed by atoms with van der Waals surface area (Å²) in [5, 5.41) is 2.32. The van der Waals surface area contributed by atoms with Crippen LogP contribution in [0.25, 0.3) is 0 Å². The van der Waals surface area contributed by atoms with Gasteiger partial charge in [-0.25, -0.2) is 9.18 Å². The van der Waals surface area contributed by atoms with Crippen molar-refractivity contribution in [2.24, 2.45) is 0 Å². The fourth-order valence-corrected chi connectivity index (χ4v) is 1.10. The molecule has 1 amide bonds. The van der Waals surface area contributed by atoms with Gasteiger partial charge in [-0.1, -0.05) is 0 Å². The lowest BCUT2D eigenvalue weighted by Gasteiger charge is -2.04. The van der Waals surface area contributed by atoms with Crippen LogP contribution in [-0.2, 0) is 9.53 Å². The van der Waals surface area contributed by atoms with Crippen LogP contribution >= 0.6 is 0 Å². The fraction of sp³-hybridized carbons (Fsp3) is 0.273. The lowest BCUT2D eigenvalue weighted by Crippen LogP contribution is -2.13. The average Bonchev–Trinajstić information content (AvgIpc) is 2.30. The van der Waals surface area contributed by atoms with Crippen LogP contribution in [0.15, 0.2) is 24.3 Å². The van der Waals surface area contributed by atoms with Crippen molar-refractivity contribution in [1.29, 1.82) is 0 Å². The Morgan fingerprint density at radius 3 is 2.44 bits per heavy atom. The van der Waals surface area contributed by atoms with E-state index in [0.717, 1.165) is 0 Å². The highest BCUT2D eigenvalue weighted by molar-refractivity contribution is 5.93. The third-order valence-electron chi connectivity index (χ3n) is 1.80. The molecule has 0 aliphatic rings. The van der Waals surface area contributed by atoms with E-state index in [9.17, 15) is 14.0 Å². The highest BCUT2D eigenvalue weighted by atomic mass is 19.1. The maximum Gasteiger partial charge on any atom is 0.338 e. The Morgan fingerprint density at radius 2 is 1.94 bits per heavy atom. The van der Waals surface area contributed by atoms with E-state index < -0.39 is 18.6 Å². The van der Waals surface area contributed by atoms with Crippen LogP contribution in [0, 0.1) is 0 Å². The number of amides is 1. The number of ether oxygens (including phenoxy) is 1. The van der Waals surface area contributed by atoms with Crippen molar-refractivity contribution in [3.63, 3.8) is 0 Å². The molecule has 0 spiro atoms. The summed E-state index contributed by atoms with van der Waals surface area (Å²) in [5.74, 6) is -1.14. The molecule has 86 valence electrons. The van der Waals surface area contributed by atoms with E-state index in [1.807, 2.05) is 0 Å². The van der Waals surface area contributed by atoms with Crippen LogP contribution in [0.2, 0.25) is 0 Å². The Morgan fingerprint density at radius 1 is 1.31 bits per heavy atom. The number of carbonyl (C=O) groups is 2. The first-order valence-electron chi connectivity index (χ1n) is 4.80. The number of hydrogen-bond acceptors (Lipinski definition) is 3. The molecule has 5 heteroatoms. The first-order valence-corrected chi connectivity index (χ1v) is 4.80. The molecule has 16 heavy (non-hydrogen) atoms. The van der Waals surface area contributed by atoms with Crippen molar-refractivity contribution in [3.05, 3.63) is 29.8 Å². The average molecular weight is 225 g/mol. The number of benzene rings is 1. The van der Waals surface area contributed by atoms with Gasteiger partial charge >= 0.3 is 5.97 Å². The monoisotopic (exact) mass is 225 g/mol. The summed E-state index contributed by atoms with van der Waals surface area (Å²) < 4.78 is 16.7. The van der Waals surface area contributed by atoms with E-state index in [4.69, 9.17) is 4.74 Å². The molecule has 0 atom stereocenters. The zero-order valence-electron chi connectivity index (χ0n) is 8.83. The maximum atomic E-state index is 11.9. The molecule has 1 N–H and O–H groups in total. The van der Waals surface area contributed by atoms with Crippen LogP contribution in [0.5, 0.6) is 0 Å². The highest BCUT2D eigenvalue weighted by Gasteiger charge is 2.06. The minimum atomic E-state index is -1.07. The van der Waals surface area contributed by atoms with Crippen LogP contribution < -0.4 is 5.32 Å². The molecule has 0 saturated heterocycles. The largest absolute Gasteiger partial charge is 0.462 e. The molecule has 0 bridgehead atoms. The number of anilines is 1. The minimum Gasteiger partial charge on any atom is -0.462 e. The summed E-state index contributed by atoms with van der Waals surface area (Å²) in [6, 6.07) is 6.04. The molecule has 0 fully saturated rings. The van der Waals surface area contributed by atoms with Crippen molar-refractivity contribution < 1.29 is 18.7 Å². The van der Waals surface area contributed by atoms with E-state index in [-0.39, 0.29) is 0 Å². The lowest BCUT2D eigenvalue weighted by atomic mass is 10.2. The molecule has 0 saturated carbocycles. The molecule has 0 heterocycles. The SMILES string of the molecule is CCOC(=O)c1ccc(NC(=O)CF)cc1. The number of alkyl halides is 1. The van der Waals surface area contributed by atoms with Gasteiger partial charge in [0.15, 0.2) is 6.67 Å². The molecule has 0 aromatic heterocycles. The van der Waals surface area contributed by atoms with E-state index >= 15 is 0 Å². The highest BCUT2D eigenvalue weighted by Crippen LogP contribution is 2.10. The summed E-state index contributed by atoms with van der Waals surface area (Å²) >= 11 is 0. The third kappa shape index (κ3) is 3.34. The smallest absolute Gasteiger partial charge is 0.338 e. The second-order valence-electron chi connectivity index (χ2n) is 2.98. The van der Waals surface area contributed by atoms with E-state index in [2.05, 4.69) is 5.32 Å². The molecule has 0 radical (unpaired) electrons. The Hall–Kier alpha value is -1.91. The number of halogens is 1. The molecule has 4 nitrogen and oxygen atoms in total. The van der Waals surface area contributed by atoms with Crippen LogP contribution in [0.4, 0.5) is 10.1 Å². The third-order valence-corrected chi connectivity index (χ3v) is 1.80. The predicted octanol–water partition coefficient (Wildman–Crippen LogP) is 1.77. The van der Waals surface area contributed by atoms with Gasteiger partial charge in [-0.3, -0.25) is 4.79 Å². The number of carbonyl (C=O) groups excluding carboxylic acids is 2. The Bertz CT molecular complexity index is 375. The van der Waals surface area contributed by atoms with Crippen molar-refractivity contribution in [3.8, 4) is 0 Å². The topological polar surface area (TPSA) is 55.4 Å². The van der Waals surface area contributed by atoms with Crippen LogP contribution in [-0.4, -0.2) is 25.2 Å². The molecule has 0 unspecified atom stereocenters. The first-order chi connectivity index (χ1) is 7.67. The molecule has 0 aliphatic heterocycles. The predicted molar refractivity (Wildman–Crippen MR) is 57.0 cm³/mol. The second-order valence-corrected chi connectivity index (χ2v) is 2.98. The zero-order valence-corrected chi connectivity index (χ0v) is 8.83. The van der Waals surface area contributed by atoms with Gasteiger partial charge in [-0.15, -0.1) is 0 Å². The summed E-state index contributed by atoms with van der Waals surface area (Å²) in [4.78, 5) is 22.0. The van der Waals surface area contributed by atoms with Gasteiger partial charge < -0.3 is 10.1 Å². The van der Waals surface area contributed by atoms with Gasteiger partial charge in [0.25, 0.3) is 5.91 Å². The fourth-order valence-electron chi connectivity index (χ4n) is 1.10.